The van der Waals surface area contributed by atoms with Gasteiger partial charge in [0.25, 0.3) is 0 Å². The van der Waals surface area contributed by atoms with Crippen LogP contribution in [0, 0.1) is 17.6 Å². The fraction of sp³-hybridized carbons (Fsp3) is 0.571. The molecule has 0 saturated carbocycles. The molecule has 1 unspecified atom stereocenters. The van der Waals surface area contributed by atoms with Crippen molar-refractivity contribution in [3.05, 3.63) is 35.7 Å². The van der Waals surface area contributed by atoms with E-state index in [2.05, 4.69) is 41.3 Å². The summed E-state index contributed by atoms with van der Waals surface area (Å²) in [4.78, 5) is 15.7. The average molecular weight is 450 g/mol. The van der Waals surface area contributed by atoms with Crippen molar-refractivity contribution in [2.75, 3.05) is 62.7 Å². The molecule has 0 aliphatic carbocycles. The normalized spacial score (nSPS) is 19.9. The van der Waals surface area contributed by atoms with Crippen molar-refractivity contribution in [2.24, 2.45) is 10.9 Å². The van der Waals surface area contributed by atoms with Crippen molar-refractivity contribution in [3.63, 3.8) is 0 Å². The van der Waals surface area contributed by atoms with Gasteiger partial charge in [0.05, 0.1) is 0 Å². The maximum Gasteiger partial charge on any atom is 0.205 e. The molecule has 2 aliphatic rings. The molecule has 0 spiro atoms. The number of nitrogens with one attached hydrogen (secondary N) is 1. The fourth-order valence-electron chi connectivity index (χ4n) is 4.11. The van der Waals surface area contributed by atoms with Crippen LogP contribution in [0.2, 0.25) is 0 Å². The molecular formula is C21H29F2N7S. The molecule has 31 heavy (non-hydrogen) atoms. The van der Waals surface area contributed by atoms with E-state index in [0.717, 1.165) is 81.3 Å². The van der Waals surface area contributed by atoms with Gasteiger partial charge in [-0.05, 0) is 24.5 Å². The molecule has 1 N–H and O–H groups in total. The van der Waals surface area contributed by atoms with Crippen LogP contribution in [0.3, 0.4) is 0 Å². The Morgan fingerprint density at radius 2 is 1.97 bits per heavy atom. The first-order valence-electron chi connectivity index (χ1n) is 10.8. The van der Waals surface area contributed by atoms with Gasteiger partial charge in [0.2, 0.25) is 5.13 Å². The van der Waals surface area contributed by atoms with Gasteiger partial charge in [0.15, 0.2) is 17.6 Å². The molecule has 3 heterocycles. The number of halogens is 2. The smallest absolute Gasteiger partial charge is 0.205 e. The second-order valence-electron chi connectivity index (χ2n) is 7.95. The number of nitrogens with zero attached hydrogens (tertiary/aromatic N) is 6. The quantitative estimate of drug-likeness (QED) is 0.559. The summed E-state index contributed by atoms with van der Waals surface area (Å²) >= 11 is 1.47. The van der Waals surface area contributed by atoms with Crippen LogP contribution in [-0.4, -0.2) is 73.1 Å². The van der Waals surface area contributed by atoms with E-state index >= 15 is 0 Å². The summed E-state index contributed by atoms with van der Waals surface area (Å²) in [5.74, 6) is 0.659. The van der Waals surface area contributed by atoms with Gasteiger partial charge in [0, 0.05) is 82.6 Å². The number of aromatic nitrogens is 2. The summed E-state index contributed by atoms with van der Waals surface area (Å²) < 4.78 is 31.1. The molecule has 1 aromatic carbocycles. The van der Waals surface area contributed by atoms with Gasteiger partial charge in [-0.2, -0.15) is 4.37 Å². The third-order valence-corrected chi connectivity index (χ3v) is 6.75. The van der Waals surface area contributed by atoms with Crippen LogP contribution in [0.5, 0.6) is 0 Å². The average Bonchev–Trinajstić information content (AvgIpc) is 3.46. The number of hydrogen-bond acceptors (Lipinski definition) is 6. The minimum Gasteiger partial charge on any atom is -0.371 e. The molecule has 0 bridgehead atoms. The van der Waals surface area contributed by atoms with E-state index in [9.17, 15) is 8.78 Å². The van der Waals surface area contributed by atoms with E-state index in [1.807, 2.05) is 7.05 Å². The highest BCUT2D eigenvalue weighted by Gasteiger charge is 2.26. The molecule has 1 atom stereocenters. The van der Waals surface area contributed by atoms with Gasteiger partial charge in [0.1, 0.15) is 5.82 Å². The van der Waals surface area contributed by atoms with Crippen LogP contribution in [0.25, 0.3) is 0 Å². The molecule has 0 amide bonds. The van der Waals surface area contributed by atoms with Crippen molar-refractivity contribution < 1.29 is 8.78 Å². The Balaban J connectivity index is 1.25. The van der Waals surface area contributed by atoms with Gasteiger partial charge >= 0.3 is 0 Å². The summed E-state index contributed by atoms with van der Waals surface area (Å²) in [5, 5.41) is 4.52. The molecule has 2 aromatic rings. The van der Waals surface area contributed by atoms with Crippen molar-refractivity contribution in [1.82, 2.24) is 19.6 Å². The molecule has 168 valence electrons. The number of anilines is 2. The standard InChI is InChI=1S/C21H29F2N7S/c1-3-19-26-21(31-27-19)29-10-8-28(9-11-29)20(24-2)25-13-15-6-7-30(14-15)16-4-5-17(22)18(23)12-16/h4-5,12,15H,3,6-11,13-14H2,1-2H3,(H,24,25). The minimum atomic E-state index is -0.804. The van der Waals surface area contributed by atoms with E-state index in [4.69, 9.17) is 0 Å². The second-order valence-corrected chi connectivity index (χ2v) is 8.68. The van der Waals surface area contributed by atoms with Crippen LogP contribution >= 0.6 is 11.5 Å². The summed E-state index contributed by atoms with van der Waals surface area (Å²) in [6.07, 6.45) is 1.87. The zero-order valence-electron chi connectivity index (χ0n) is 18.0. The van der Waals surface area contributed by atoms with Crippen LogP contribution < -0.4 is 15.1 Å². The van der Waals surface area contributed by atoms with Gasteiger partial charge < -0.3 is 20.0 Å². The Bertz CT molecular complexity index is 911. The van der Waals surface area contributed by atoms with E-state index in [1.165, 1.54) is 23.7 Å². The first-order chi connectivity index (χ1) is 15.1. The molecule has 0 radical (unpaired) electrons. The van der Waals surface area contributed by atoms with E-state index in [-0.39, 0.29) is 0 Å². The van der Waals surface area contributed by atoms with Crippen LogP contribution in [0.4, 0.5) is 19.6 Å². The van der Waals surface area contributed by atoms with Gasteiger partial charge in [-0.3, -0.25) is 4.99 Å². The molecule has 2 aliphatic heterocycles. The number of aliphatic imine (C=N–C) groups is 1. The number of aryl methyl sites for hydroxylation is 1. The predicted octanol–water partition coefficient (Wildman–Crippen LogP) is 2.60. The molecule has 1 aromatic heterocycles. The lowest BCUT2D eigenvalue weighted by atomic mass is 10.1. The SMILES string of the molecule is CCc1nsc(N2CCN(C(=NC)NCC3CCN(c4ccc(F)c(F)c4)C3)CC2)n1. The Morgan fingerprint density at radius 1 is 1.16 bits per heavy atom. The highest BCUT2D eigenvalue weighted by atomic mass is 32.1. The van der Waals surface area contributed by atoms with Crippen molar-refractivity contribution >= 4 is 28.3 Å². The van der Waals surface area contributed by atoms with Crippen LogP contribution in [-0.2, 0) is 6.42 Å². The van der Waals surface area contributed by atoms with E-state index in [0.29, 0.717) is 5.92 Å². The predicted molar refractivity (Wildman–Crippen MR) is 121 cm³/mol. The van der Waals surface area contributed by atoms with Crippen LogP contribution in [0.15, 0.2) is 23.2 Å². The summed E-state index contributed by atoms with van der Waals surface area (Å²) in [5.41, 5.74) is 0.741. The van der Waals surface area contributed by atoms with E-state index in [1.54, 1.807) is 6.07 Å². The monoisotopic (exact) mass is 449 g/mol. The number of hydrogen-bond donors (Lipinski definition) is 1. The Labute approximate surface area is 185 Å². The van der Waals surface area contributed by atoms with Crippen molar-refractivity contribution in [3.8, 4) is 0 Å². The van der Waals surface area contributed by atoms with Crippen LogP contribution in [0.1, 0.15) is 19.2 Å². The number of benzene rings is 1. The Kier molecular flexibility index (Phi) is 6.84. The lowest BCUT2D eigenvalue weighted by Crippen LogP contribution is -2.53. The highest BCUT2D eigenvalue weighted by Crippen LogP contribution is 2.25. The first-order valence-corrected chi connectivity index (χ1v) is 11.6. The second kappa shape index (κ2) is 9.76. The topological polar surface area (TPSA) is 59.9 Å². The third-order valence-electron chi connectivity index (χ3n) is 5.94. The van der Waals surface area contributed by atoms with Crippen molar-refractivity contribution in [1.29, 1.82) is 0 Å². The first kappa shape index (κ1) is 21.7. The number of piperazine rings is 1. The Morgan fingerprint density at radius 3 is 2.65 bits per heavy atom. The fourth-order valence-corrected chi connectivity index (χ4v) is 4.91. The lowest BCUT2D eigenvalue weighted by molar-refractivity contribution is 0.369. The zero-order chi connectivity index (χ0) is 21.8. The molecule has 10 heteroatoms. The zero-order valence-corrected chi connectivity index (χ0v) is 18.8. The third kappa shape index (κ3) is 5.06. The highest BCUT2D eigenvalue weighted by molar-refractivity contribution is 7.09. The molecule has 7 nitrogen and oxygen atoms in total. The van der Waals surface area contributed by atoms with E-state index < -0.39 is 11.6 Å². The molecule has 2 fully saturated rings. The Hall–Kier alpha value is -2.49. The summed E-state index contributed by atoms with van der Waals surface area (Å²) in [7, 11) is 1.81. The number of rotatable bonds is 5. The molecule has 2 saturated heterocycles. The number of guanidine groups is 1. The minimum absolute atomic E-state index is 0.431. The maximum atomic E-state index is 13.5. The summed E-state index contributed by atoms with van der Waals surface area (Å²) in [6.45, 7) is 8.09. The molecule has 4 rings (SSSR count). The lowest BCUT2D eigenvalue weighted by Gasteiger charge is -2.36. The molecular weight excluding hydrogens is 420 g/mol. The largest absolute Gasteiger partial charge is 0.371 e. The van der Waals surface area contributed by atoms with Gasteiger partial charge in [-0.25, -0.2) is 13.8 Å². The van der Waals surface area contributed by atoms with Gasteiger partial charge in [-0.1, -0.05) is 6.92 Å². The summed E-state index contributed by atoms with van der Waals surface area (Å²) in [6, 6.07) is 4.13. The van der Waals surface area contributed by atoms with Crippen molar-refractivity contribution in [2.45, 2.75) is 19.8 Å². The maximum absolute atomic E-state index is 13.5. The van der Waals surface area contributed by atoms with Gasteiger partial charge in [-0.15, -0.1) is 0 Å².